The van der Waals surface area contributed by atoms with Crippen LogP contribution in [0.2, 0.25) is 0 Å². The van der Waals surface area contributed by atoms with Gasteiger partial charge in [-0.2, -0.15) is 0 Å². The monoisotopic (exact) mass is 297 g/mol. The largest absolute Gasteiger partial charge is 0.512 e. The van der Waals surface area contributed by atoms with Crippen LogP contribution < -0.4 is 0 Å². The zero-order valence-corrected chi connectivity index (χ0v) is 11.0. The lowest BCUT2D eigenvalue weighted by Crippen LogP contribution is -2.16. The normalized spacial score (nSPS) is 11.7. The number of methoxy groups -OCH3 is 1. The van der Waals surface area contributed by atoms with E-state index >= 15 is 0 Å². The number of aliphatic hydroxyl groups is 1. The maximum atomic E-state index is 11.4. The molecule has 0 aromatic heterocycles. The van der Waals surface area contributed by atoms with Gasteiger partial charge in [0.2, 0.25) is 0 Å². The molecule has 0 saturated heterocycles. The number of benzene rings is 1. The highest BCUT2D eigenvalue weighted by atomic mass is 79.9. The van der Waals surface area contributed by atoms with Crippen LogP contribution in [-0.4, -0.2) is 23.9 Å². The Balaban J connectivity index is 3.15. The molecule has 0 saturated carbocycles. The van der Waals surface area contributed by atoms with Gasteiger partial charge in [-0.15, -0.1) is 0 Å². The summed E-state index contributed by atoms with van der Waals surface area (Å²) in [7, 11) is 1.21. The fraction of sp³-hybridized carbons (Fsp3) is 0.167. The van der Waals surface area contributed by atoms with Crippen molar-refractivity contribution in [2.24, 2.45) is 0 Å². The molecule has 1 rings (SSSR count). The van der Waals surface area contributed by atoms with E-state index in [2.05, 4.69) is 20.7 Å². The number of nitrogens with one attached hydrogen (secondary N) is 1. The van der Waals surface area contributed by atoms with E-state index in [4.69, 9.17) is 5.41 Å². The van der Waals surface area contributed by atoms with E-state index in [1.807, 2.05) is 0 Å². The van der Waals surface area contributed by atoms with Crippen molar-refractivity contribution in [1.82, 2.24) is 0 Å². The zero-order valence-electron chi connectivity index (χ0n) is 9.45. The third kappa shape index (κ3) is 3.17. The minimum Gasteiger partial charge on any atom is -0.512 e. The molecule has 0 aliphatic carbocycles. The standard InChI is InChI=1S/C12H12BrNO3/c1-7(15)10(12(16)17-2)11(14)8-3-5-9(13)6-4-8/h3-6,14-15H,1-2H3/b10-7+,14-11?. The fourth-order valence-electron chi connectivity index (χ4n) is 1.29. The summed E-state index contributed by atoms with van der Waals surface area (Å²) in [5.74, 6) is -0.956. The van der Waals surface area contributed by atoms with Crippen LogP contribution in [0.15, 0.2) is 40.1 Å². The number of aliphatic hydroxyl groups excluding tert-OH is 1. The van der Waals surface area contributed by atoms with E-state index in [0.717, 1.165) is 4.47 Å². The van der Waals surface area contributed by atoms with Crippen LogP contribution in [0.1, 0.15) is 12.5 Å². The predicted molar refractivity (Wildman–Crippen MR) is 68.3 cm³/mol. The molecular formula is C12H12BrNO3. The lowest BCUT2D eigenvalue weighted by atomic mass is 10.0. The zero-order chi connectivity index (χ0) is 13.0. The summed E-state index contributed by atoms with van der Waals surface area (Å²) in [6.07, 6.45) is 0. The molecule has 0 atom stereocenters. The Morgan fingerprint density at radius 2 is 1.88 bits per heavy atom. The Morgan fingerprint density at radius 1 is 1.35 bits per heavy atom. The Bertz CT molecular complexity index is 473. The molecule has 1 aromatic carbocycles. The number of ether oxygens (including phenoxy) is 1. The molecule has 0 fully saturated rings. The maximum absolute atomic E-state index is 11.4. The van der Waals surface area contributed by atoms with Crippen LogP contribution in [0.25, 0.3) is 0 Å². The lowest BCUT2D eigenvalue weighted by molar-refractivity contribution is -0.135. The summed E-state index contributed by atoms with van der Waals surface area (Å²) < 4.78 is 5.41. The van der Waals surface area contributed by atoms with E-state index in [1.54, 1.807) is 24.3 Å². The third-order valence-electron chi connectivity index (χ3n) is 2.13. The highest BCUT2D eigenvalue weighted by Gasteiger charge is 2.20. The quantitative estimate of drug-likeness (QED) is 0.390. The minimum atomic E-state index is -0.724. The molecule has 0 bridgehead atoms. The molecule has 0 spiro atoms. The van der Waals surface area contributed by atoms with Crippen LogP contribution >= 0.6 is 15.9 Å². The average molecular weight is 298 g/mol. The molecular weight excluding hydrogens is 286 g/mol. The van der Waals surface area contributed by atoms with Gasteiger partial charge in [-0.1, -0.05) is 28.1 Å². The highest BCUT2D eigenvalue weighted by Crippen LogP contribution is 2.16. The van der Waals surface area contributed by atoms with E-state index < -0.39 is 5.97 Å². The van der Waals surface area contributed by atoms with E-state index in [0.29, 0.717) is 5.56 Å². The van der Waals surface area contributed by atoms with E-state index in [1.165, 1.54) is 14.0 Å². The van der Waals surface area contributed by atoms with Crippen LogP contribution in [0.3, 0.4) is 0 Å². The molecule has 4 nitrogen and oxygen atoms in total. The molecule has 1 aromatic rings. The van der Waals surface area contributed by atoms with Crippen LogP contribution in [-0.2, 0) is 9.53 Å². The Hall–Kier alpha value is -1.62. The van der Waals surface area contributed by atoms with Crippen LogP contribution in [0, 0.1) is 5.41 Å². The molecule has 0 aliphatic heterocycles. The first kappa shape index (κ1) is 13.4. The molecule has 0 radical (unpaired) electrons. The second-order valence-corrected chi connectivity index (χ2v) is 4.25. The lowest BCUT2D eigenvalue weighted by Gasteiger charge is -2.08. The van der Waals surface area contributed by atoms with Crippen molar-refractivity contribution in [2.75, 3.05) is 7.11 Å². The Morgan fingerprint density at radius 3 is 2.29 bits per heavy atom. The number of rotatable bonds is 3. The second kappa shape index (κ2) is 5.63. The maximum Gasteiger partial charge on any atom is 0.343 e. The summed E-state index contributed by atoms with van der Waals surface area (Å²) in [4.78, 5) is 11.4. The molecule has 90 valence electrons. The Kier molecular flexibility index (Phi) is 4.45. The number of hydrogen-bond acceptors (Lipinski definition) is 4. The van der Waals surface area contributed by atoms with Crippen molar-refractivity contribution in [3.05, 3.63) is 45.6 Å². The first-order valence-electron chi connectivity index (χ1n) is 4.80. The van der Waals surface area contributed by atoms with Crippen molar-refractivity contribution < 1.29 is 14.6 Å². The second-order valence-electron chi connectivity index (χ2n) is 3.33. The predicted octanol–water partition coefficient (Wildman–Crippen LogP) is 2.82. The number of halogens is 1. The summed E-state index contributed by atoms with van der Waals surface area (Å²) in [5.41, 5.74) is 0.334. The summed E-state index contributed by atoms with van der Waals surface area (Å²) in [5, 5.41) is 17.3. The number of esters is 1. The van der Waals surface area contributed by atoms with Gasteiger partial charge in [-0.3, -0.25) is 5.41 Å². The minimum absolute atomic E-state index is 0.0654. The molecule has 2 N–H and O–H groups in total. The van der Waals surface area contributed by atoms with Gasteiger partial charge >= 0.3 is 5.97 Å². The number of carbonyl (C=O) groups is 1. The van der Waals surface area contributed by atoms with Gasteiger partial charge < -0.3 is 9.84 Å². The van der Waals surface area contributed by atoms with Gasteiger partial charge in [0.05, 0.1) is 12.8 Å². The number of hydrogen-bond donors (Lipinski definition) is 2. The van der Waals surface area contributed by atoms with Gasteiger partial charge in [0.15, 0.2) is 0 Å². The van der Waals surface area contributed by atoms with Crippen molar-refractivity contribution in [3.8, 4) is 0 Å². The van der Waals surface area contributed by atoms with Crippen LogP contribution in [0.4, 0.5) is 0 Å². The molecule has 17 heavy (non-hydrogen) atoms. The van der Waals surface area contributed by atoms with Gasteiger partial charge in [0.1, 0.15) is 11.3 Å². The van der Waals surface area contributed by atoms with Crippen molar-refractivity contribution in [2.45, 2.75) is 6.92 Å². The third-order valence-corrected chi connectivity index (χ3v) is 2.66. The SMILES string of the molecule is COC(=O)/C(C(=N)c1ccc(Br)cc1)=C(\C)O. The van der Waals surface area contributed by atoms with Gasteiger partial charge in [-0.05, 0) is 19.1 Å². The summed E-state index contributed by atoms with van der Waals surface area (Å²) in [6, 6.07) is 6.87. The highest BCUT2D eigenvalue weighted by molar-refractivity contribution is 9.10. The van der Waals surface area contributed by atoms with Gasteiger partial charge in [0, 0.05) is 10.0 Å². The summed E-state index contributed by atoms with van der Waals surface area (Å²) in [6.45, 7) is 1.35. The van der Waals surface area contributed by atoms with Crippen molar-refractivity contribution in [3.63, 3.8) is 0 Å². The van der Waals surface area contributed by atoms with Gasteiger partial charge in [-0.25, -0.2) is 4.79 Å². The first-order valence-corrected chi connectivity index (χ1v) is 5.59. The smallest absolute Gasteiger partial charge is 0.343 e. The topological polar surface area (TPSA) is 70.4 Å². The first-order chi connectivity index (χ1) is 7.97. The Labute approximate surface area is 108 Å². The number of allylic oxidation sites excluding steroid dienone is 1. The van der Waals surface area contributed by atoms with Crippen LogP contribution in [0.5, 0.6) is 0 Å². The molecule has 0 heterocycles. The van der Waals surface area contributed by atoms with Crippen molar-refractivity contribution >= 4 is 27.6 Å². The fourth-order valence-corrected chi connectivity index (χ4v) is 1.56. The average Bonchev–Trinajstić information content (AvgIpc) is 2.29. The van der Waals surface area contributed by atoms with E-state index in [-0.39, 0.29) is 17.0 Å². The van der Waals surface area contributed by atoms with E-state index in [9.17, 15) is 9.90 Å². The van der Waals surface area contributed by atoms with Gasteiger partial charge in [0.25, 0.3) is 0 Å². The molecule has 0 unspecified atom stereocenters. The summed E-state index contributed by atoms with van der Waals surface area (Å²) >= 11 is 3.28. The number of carbonyl (C=O) groups excluding carboxylic acids is 1. The molecule has 5 heteroatoms. The van der Waals surface area contributed by atoms with Crippen molar-refractivity contribution in [1.29, 1.82) is 5.41 Å². The molecule has 0 amide bonds. The molecule has 0 aliphatic rings.